The van der Waals surface area contributed by atoms with Gasteiger partial charge in [0.1, 0.15) is 0 Å². The van der Waals surface area contributed by atoms with Crippen LogP contribution in [0.2, 0.25) is 0 Å². The van der Waals surface area contributed by atoms with Crippen LogP contribution in [0.15, 0.2) is 23.9 Å². The first-order valence-electron chi connectivity index (χ1n) is 9.09. The van der Waals surface area contributed by atoms with Gasteiger partial charge in [0.25, 0.3) is 0 Å². The van der Waals surface area contributed by atoms with Crippen molar-refractivity contribution >= 4 is 18.6 Å². The smallest absolute Gasteiger partial charge is 0.791 e. The number of rotatable bonds is 4. The zero-order valence-corrected chi connectivity index (χ0v) is 18.0. The van der Waals surface area contributed by atoms with Crippen molar-refractivity contribution in [3.8, 4) is 0 Å². The number of allylic oxidation sites excluding steroid dienone is 2. The Kier molecular flexibility index (Phi) is 11.8. The zero-order chi connectivity index (χ0) is 18.1. The van der Waals surface area contributed by atoms with Gasteiger partial charge in [0, 0.05) is 0 Å². The van der Waals surface area contributed by atoms with Crippen LogP contribution in [0.5, 0.6) is 0 Å². The Morgan fingerprint density at radius 2 is 2.04 bits per heavy atom. The first kappa shape index (κ1) is 23.7. The van der Waals surface area contributed by atoms with Gasteiger partial charge in [-0.05, 0) is 0 Å². The fraction of sp³-hybridized carbons (Fsp3) is 0.722. The molecule has 0 aromatic rings. The van der Waals surface area contributed by atoms with Crippen molar-refractivity contribution < 1.29 is 31.0 Å². The van der Waals surface area contributed by atoms with E-state index in [-0.39, 0.29) is 26.8 Å². The minimum absolute atomic E-state index is 0. The molecule has 0 radical (unpaired) electrons. The van der Waals surface area contributed by atoms with Gasteiger partial charge in [-0.3, -0.25) is 4.79 Å². The minimum atomic E-state index is -1.03. The van der Waals surface area contributed by atoms with E-state index in [2.05, 4.69) is 36.2 Å². The molecule has 3 N–H and O–H groups in total. The Bertz CT molecular complexity index is 484. The molecule has 0 saturated carbocycles. The number of aliphatic carboxylic acids is 1. The molecule has 6 nitrogen and oxygen atoms in total. The van der Waals surface area contributed by atoms with Gasteiger partial charge < -0.3 is 39.4 Å². The summed E-state index contributed by atoms with van der Waals surface area (Å²) in [4.78, 5) is 9.74. The minimum Gasteiger partial charge on any atom is -0.791 e. The number of piperidine rings is 2. The van der Waals surface area contributed by atoms with Crippen molar-refractivity contribution in [2.45, 2.75) is 62.7 Å². The number of nitrogens with two attached hydrogens (primary N) is 1. The normalized spacial score (nSPS) is 29.2. The zero-order valence-electron chi connectivity index (χ0n) is 14.9. The summed E-state index contributed by atoms with van der Waals surface area (Å²) in [5.74, 6) is -0.954. The number of nitrogens with zero attached hydrogens (tertiary/aromatic N) is 3. The van der Waals surface area contributed by atoms with E-state index in [1.165, 1.54) is 44.2 Å². The molecule has 0 aliphatic carbocycles. The van der Waals surface area contributed by atoms with E-state index in [0.717, 1.165) is 13.1 Å². The summed E-state index contributed by atoms with van der Waals surface area (Å²) in [6.07, 6.45) is 13.9. The third-order valence-electron chi connectivity index (χ3n) is 4.69. The van der Waals surface area contributed by atoms with Gasteiger partial charge in [0.2, 0.25) is 0 Å². The molecule has 0 aromatic carbocycles. The van der Waals surface area contributed by atoms with Crippen molar-refractivity contribution in [3.05, 3.63) is 39.9 Å². The van der Waals surface area contributed by atoms with Gasteiger partial charge >= 0.3 is 27.0 Å². The van der Waals surface area contributed by atoms with Gasteiger partial charge in [-0.15, -0.1) is 25.2 Å². The number of carboxylic acids is 1. The standard InChI is InChI=1S/C15H22N3.C3H7NO2S.Pt/c1-3-10-16-12(6-1)14-8-5-9-15(18-14)13-7-2-4-11-17-13;4-2(1-7)3(5)6;/h1,3,6,13-15H,2,4-5,7-11H2;2,7H,1,4H2,(H,5,6);/q-3;;+2/p-1. The Labute approximate surface area is 176 Å². The SMILES string of the molecule is C1=CC[N-]C(C2CCCC(C3CCCC[N-]3)[N-]2)=C1.NC(C[S-])C(=O)O.[Pt+2]. The Balaban J connectivity index is 0.000000366. The Morgan fingerprint density at radius 1 is 1.27 bits per heavy atom. The van der Waals surface area contributed by atoms with Crippen LogP contribution in [0.3, 0.4) is 0 Å². The summed E-state index contributed by atoms with van der Waals surface area (Å²) in [6, 6.07) is 0.438. The number of carboxylic acid groups (broad SMARTS) is 1. The molecule has 0 aromatic heterocycles. The second kappa shape index (κ2) is 12.9. The molecule has 4 atom stereocenters. The fourth-order valence-electron chi connectivity index (χ4n) is 3.27. The van der Waals surface area contributed by atoms with Crippen LogP contribution in [0.4, 0.5) is 0 Å². The first-order valence-corrected chi connectivity index (χ1v) is 9.67. The maximum absolute atomic E-state index is 9.74. The van der Waals surface area contributed by atoms with Gasteiger partial charge in [-0.2, -0.15) is 23.5 Å². The number of hydrogen-bond acceptors (Lipinski definition) is 3. The third kappa shape index (κ3) is 7.73. The maximum Gasteiger partial charge on any atom is 2.00 e. The van der Waals surface area contributed by atoms with E-state index >= 15 is 0 Å². The topological polar surface area (TPSA) is 106 Å². The summed E-state index contributed by atoms with van der Waals surface area (Å²) in [6.45, 7) is 1.88. The molecule has 4 unspecified atom stereocenters. The fourth-order valence-corrected chi connectivity index (χ4v) is 3.41. The second-order valence-corrected chi connectivity index (χ2v) is 6.94. The molecule has 3 heterocycles. The predicted molar refractivity (Wildman–Crippen MR) is 104 cm³/mol. The van der Waals surface area contributed by atoms with Gasteiger partial charge in [-0.1, -0.05) is 50.7 Å². The molecule has 2 saturated heterocycles. The largest absolute Gasteiger partial charge is 2.00 e. The summed E-state index contributed by atoms with van der Waals surface area (Å²) < 4.78 is 0. The average molecular weight is 560 g/mol. The van der Waals surface area contributed by atoms with Crippen LogP contribution in [0.25, 0.3) is 16.0 Å². The Hall–Kier alpha value is -0.332. The molecule has 0 bridgehead atoms. The van der Waals surface area contributed by atoms with Crippen LogP contribution in [-0.2, 0) is 38.5 Å². The third-order valence-corrected chi connectivity index (χ3v) is 5.04. The van der Waals surface area contributed by atoms with E-state index in [1.54, 1.807) is 0 Å². The van der Waals surface area contributed by atoms with Crippen molar-refractivity contribution in [1.29, 1.82) is 0 Å². The average Bonchev–Trinajstić information content (AvgIpc) is 2.69. The van der Waals surface area contributed by atoms with Crippen molar-refractivity contribution in [2.75, 3.05) is 18.8 Å². The number of hydrogen-bond donors (Lipinski definition) is 2. The maximum atomic E-state index is 9.74. The molecule has 2 fully saturated rings. The van der Waals surface area contributed by atoms with E-state index < -0.39 is 12.0 Å². The molecule has 3 rings (SSSR count). The van der Waals surface area contributed by atoms with Gasteiger partial charge in [0.05, 0.1) is 6.04 Å². The summed E-state index contributed by atoms with van der Waals surface area (Å²) in [5.41, 5.74) is 6.10. The van der Waals surface area contributed by atoms with Crippen molar-refractivity contribution in [3.63, 3.8) is 0 Å². The summed E-state index contributed by atoms with van der Waals surface area (Å²) in [7, 11) is 0. The molecule has 26 heavy (non-hydrogen) atoms. The molecular weight excluding hydrogens is 531 g/mol. The number of carbonyl (C=O) groups is 1. The molecule has 3 aliphatic rings. The second-order valence-electron chi connectivity index (χ2n) is 6.60. The van der Waals surface area contributed by atoms with Crippen LogP contribution in [-0.4, -0.2) is 54.1 Å². The van der Waals surface area contributed by atoms with E-state index in [9.17, 15) is 4.79 Å². The predicted octanol–water partition coefficient (Wildman–Crippen LogP) is 2.98. The van der Waals surface area contributed by atoms with Crippen molar-refractivity contribution in [2.24, 2.45) is 5.73 Å². The molecular formula is C18H28N4O2PtS-2. The first-order chi connectivity index (χ1) is 12.1. The monoisotopic (exact) mass is 559 g/mol. The molecule has 0 spiro atoms. The van der Waals surface area contributed by atoms with Crippen LogP contribution in [0, 0.1) is 0 Å². The van der Waals surface area contributed by atoms with E-state index in [0.29, 0.717) is 18.1 Å². The van der Waals surface area contributed by atoms with E-state index in [4.69, 9.17) is 21.5 Å². The Morgan fingerprint density at radius 3 is 2.58 bits per heavy atom. The molecule has 0 amide bonds. The van der Waals surface area contributed by atoms with E-state index in [1.807, 2.05) is 0 Å². The van der Waals surface area contributed by atoms with Gasteiger partial charge in [-0.25, -0.2) is 0 Å². The van der Waals surface area contributed by atoms with Crippen LogP contribution in [0.1, 0.15) is 38.5 Å². The molecule has 8 heteroatoms. The summed E-state index contributed by atoms with van der Waals surface area (Å²) >= 11 is 4.35. The van der Waals surface area contributed by atoms with Crippen LogP contribution >= 0.6 is 0 Å². The summed E-state index contributed by atoms with van der Waals surface area (Å²) in [5, 5.41) is 22.4. The van der Waals surface area contributed by atoms with Crippen molar-refractivity contribution in [1.82, 2.24) is 0 Å². The molecule has 3 aliphatic heterocycles. The van der Waals surface area contributed by atoms with Gasteiger partial charge in [0.15, 0.2) is 0 Å². The molecule has 150 valence electrons. The quantitative estimate of drug-likeness (QED) is 0.517. The van der Waals surface area contributed by atoms with Crippen LogP contribution < -0.4 is 5.73 Å².